The Morgan fingerprint density at radius 1 is 1.00 bits per heavy atom. The number of carbonyl (C=O) groups is 1. The Labute approximate surface area is 196 Å². The van der Waals surface area contributed by atoms with Crippen molar-refractivity contribution in [2.75, 3.05) is 31.1 Å². The van der Waals surface area contributed by atoms with Crippen molar-refractivity contribution in [2.24, 2.45) is 0 Å². The molecule has 0 saturated carbocycles. The molecule has 168 valence electrons. The van der Waals surface area contributed by atoms with E-state index in [4.69, 9.17) is 16.3 Å². The van der Waals surface area contributed by atoms with Gasteiger partial charge in [-0.25, -0.2) is 4.39 Å². The van der Waals surface area contributed by atoms with E-state index in [1.54, 1.807) is 30.3 Å². The van der Waals surface area contributed by atoms with Crippen LogP contribution in [0, 0.1) is 5.82 Å². The molecule has 7 heteroatoms. The molecule has 33 heavy (non-hydrogen) atoms. The summed E-state index contributed by atoms with van der Waals surface area (Å²) in [5.41, 5.74) is 2.28. The number of halogens is 2. The Hall–Kier alpha value is -3.35. The van der Waals surface area contributed by atoms with Crippen LogP contribution in [0.15, 0.2) is 66.4 Å². The van der Waals surface area contributed by atoms with Crippen molar-refractivity contribution in [3.63, 3.8) is 0 Å². The van der Waals surface area contributed by atoms with Gasteiger partial charge < -0.3 is 14.7 Å². The maximum Gasteiger partial charge on any atom is 0.231 e. The number of ether oxygens (including phenoxy) is 1. The van der Waals surface area contributed by atoms with E-state index in [-0.39, 0.29) is 23.1 Å². The molecule has 0 amide bonds. The van der Waals surface area contributed by atoms with Crippen LogP contribution >= 0.6 is 11.6 Å². The Kier molecular flexibility index (Phi) is 5.79. The summed E-state index contributed by atoms with van der Waals surface area (Å²) in [5, 5.41) is 11.1. The summed E-state index contributed by atoms with van der Waals surface area (Å²) in [7, 11) is 0. The van der Waals surface area contributed by atoms with Gasteiger partial charge in [0.2, 0.25) is 5.78 Å². The third-order valence-corrected chi connectivity index (χ3v) is 6.40. The quantitative estimate of drug-likeness (QED) is 0.543. The number of piperazine rings is 1. The fourth-order valence-electron chi connectivity index (χ4n) is 4.26. The minimum atomic E-state index is -0.240. The first-order valence-electron chi connectivity index (χ1n) is 10.8. The Bertz CT molecular complexity index is 1250. The highest BCUT2D eigenvalue weighted by molar-refractivity contribution is 6.32. The third-order valence-electron chi connectivity index (χ3n) is 6.06. The molecule has 1 fully saturated rings. The predicted octanol–water partition coefficient (Wildman–Crippen LogP) is 5.12. The predicted molar refractivity (Wildman–Crippen MR) is 126 cm³/mol. The largest absolute Gasteiger partial charge is 0.507 e. The molecule has 0 radical (unpaired) electrons. The van der Waals surface area contributed by atoms with E-state index < -0.39 is 0 Å². The van der Waals surface area contributed by atoms with E-state index in [1.165, 1.54) is 12.1 Å². The number of benzene rings is 3. The maximum atomic E-state index is 14.1. The second-order valence-corrected chi connectivity index (χ2v) is 8.52. The highest BCUT2D eigenvalue weighted by Crippen LogP contribution is 2.40. The van der Waals surface area contributed by atoms with Crippen molar-refractivity contribution in [2.45, 2.75) is 6.54 Å². The van der Waals surface area contributed by atoms with E-state index in [2.05, 4.69) is 4.90 Å². The van der Waals surface area contributed by atoms with E-state index in [0.29, 0.717) is 65.9 Å². The molecule has 3 aromatic carbocycles. The number of hydrogen-bond acceptors (Lipinski definition) is 5. The number of phenolic OH excluding ortho intramolecular Hbond substituents is 1. The number of carbonyl (C=O) groups excluding carboxylic acids is 1. The standard InChI is InChI=1S/C26H22ClFN2O3/c27-20-6-2-1-5-17(20)15-24-25(32)18-9-10-23(31)19(26(18)33-24)16-29-11-13-30(14-12-29)22-8-4-3-7-21(22)28/h1-10,15,31H,11-14,16H2/b24-15-. The van der Waals surface area contributed by atoms with Crippen molar-refractivity contribution in [1.82, 2.24) is 4.90 Å². The summed E-state index contributed by atoms with van der Waals surface area (Å²) >= 11 is 6.23. The molecule has 5 rings (SSSR count). The Morgan fingerprint density at radius 3 is 2.48 bits per heavy atom. The maximum absolute atomic E-state index is 14.1. The monoisotopic (exact) mass is 464 g/mol. The van der Waals surface area contributed by atoms with Crippen LogP contribution in [0.5, 0.6) is 11.5 Å². The molecule has 0 atom stereocenters. The lowest BCUT2D eigenvalue weighted by Crippen LogP contribution is -2.46. The number of ketones is 1. The van der Waals surface area contributed by atoms with Gasteiger partial charge >= 0.3 is 0 Å². The van der Waals surface area contributed by atoms with Crippen molar-refractivity contribution < 1.29 is 19.0 Å². The molecular weight excluding hydrogens is 443 g/mol. The molecule has 0 aliphatic carbocycles. The third kappa shape index (κ3) is 4.19. The highest BCUT2D eigenvalue weighted by atomic mass is 35.5. The van der Waals surface area contributed by atoms with E-state index in [9.17, 15) is 14.3 Å². The van der Waals surface area contributed by atoms with Crippen LogP contribution in [-0.4, -0.2) is 42.0 Å². The van der Waals surface area contributed by atoms with Crippen molar-refractivity contribution in [3.8, 4) is 11.5 Å². The highest BCUT2D eigenvalue weighted by Gasteiger charge is 2.32. The number of aromatic hydroxyl groups is 1. The molecule has 2 aliphatic rings. The molecule has 3 aromatic rings. The molecule has 0 spiro atoms. The number of rotatable bonds is 4. The number of phenols is 1. The summed E-state index contributed by atoms with van der Waals surface area (Å²) in [6.07, 6.45) is 1.62. The number of allylic oxidation sites excluding steroid dienone is 1. The number of anilines is 1. The zero-order chi connectivity index (χ0) is 22.9. The van der Waals surface area contributed by atoms with Gasteiger partial charge in [-0.1, -0.05) is 41.9 Å². The first-order chi connectivity index (χ1) is 16.0. The summed E-state index contributed by atoms with van der Waals surface area (Å²) in [6.45, 7) is 3.12. The van der Waals surface area contributed by atoms with Crippen LogP contribution in [0.4, 0.5) is 10.1 Å². The number of Topliss-reactive ketones (excluding diaryl/α,β-unsaturated/α-hetero) is 1. The van der Waals surface area contributed by atoms with Crippen LogP contribution in [0.3, 0.4) is 0 Å². The van der Waals surface area contributed by atoms with E-state index in [0.717, 1.165) is 0 Å². The second kappa shape index (κ2) is 8.89. The number of fused-ring (bicyclic) bond motifs is 1. The van der Waals surface area contributed by atoms with Crippen LogP contribution < -0.4 is 9.64 Å². The fraction of sp³-hybridized carbons (Fsp3) is 0.192. The average molecular weight is 465 g/mol. The summed E-state index contributed by atoms with van der Waals surface area (Å²) in [6, 6.07) is 17.1. The zero-order valence-corrected chi connectivity index (χ0v) is 18.6. The number of nitrogens with zero attached hydrogens (tertiary/aromatic N) is 2. The minimum absolute atomic E-state index is 0.0806. The topological polar surface area (TPSA) is 53.0 Å². The Balaban J connectivity index is 1.34. The van der Waals surface area contributed by atoms with E-state index in [1.807, 2.05) is 29.2 Å². The summed E-state index contributed by atoms with van der Waals surface area (Å²) in [5.74, 6) is 0.172. The van der Waals surface area contributed by atoms with Gasteiger partial charge in [0.05, 0.1) is 16.8 Å². The lowest BCUT2D eigenvalue weighted by molar-refractivity contribution is 0.101. The molecular formula is C26H22ClFN2O3. The molecule has 0 bridgehead atoms. The lowest BCUT2D eigenvalue weighted by atomic mass is 10.0. The van der Waals surface area contributed by atoms with Gasteiger partial charge in [0.1, 0.15) is 17.3 Å². The first-order valence-corrected chi connectivity index (χ1v) is 11.1. The van der Waals surface area contributed by atoms with Crippen LogP contribution in [0.2, 0.25) is 5.02 Å². The zero-order valence-electron chi connectivity index (χ0n) is 17.8. The molecule has 5 nitrogen and oxygen atoms in total. The Morgan fingerprint density at radius 2 is 1.73 bits per heavy atom. The second-order valence-electron chi connectivity index (χ2n) is 8.12. The summed E-state index contributed by atoms with van der Waals surface area (Å²) < 4.78 is 20.1. The van der Waals surface area contributed by atoms with Gasteiger partial charge in [-0.3, -0.25) is 9.69 Å². The fourth-order valence-corrected chi connectivity index (χ4v) is 4.45. The average Bonchev–Trinajstić information content (AvgIpc) is 3.13. The number of para-hydroxylation sites is 1. The van der Waals surface area contributed by atoms with Crippen molar-refractivity contribution in [1.29, 1.82) is 0 Å². The van der Waals surface area contributed by atoms with E-state index >= 15 is 0 Å². The molecule has 1 N–H and O–H groups in total. The minimum Gasteiger partial charge on any atom is -0.507 e. The van der Waals surface area contributed by atoms with Crippen LogP contribution in [0.1, 0.15) is 21.5 Å². The van der Waals surface area contributed by atoms with Crippen molar-refractivity contribution >= 4 is 29.1 Å². The molecule has 2 heterocycles. The first kappa shape index (κ1) is 21.5. The number of hydrogen-bond donors (Lipinski definition) is 1. The van der Waals surface area contributed by atoms with Gasteiger partial charge in [0.25, 0.3) is 0 Å². The van der Waals surface area contributed by atoms with Gasteiger partial charge in [-0.05, 0) is 42.0 Å². The van der Waals surface area contributed by atoms with Gasteiger partial charge in [0.15, 0.2) is 5.76 Å². The normalized spacial score (nSPS) is 17.3. The van der Waals surface area contributed by atoms with Gasteiger partial charge in [-0.2, -0.15) is 0 Å². The molecule has 0 aromatic heterocycles. The van der Waals surface area contributed by atoms with Crippen LogP contribution in [-0.2, 0) is 6.54 Å². The van der Waals surface area contributed by atoms with Gasteiger partial charge in [0, 0.05) is 37.7 Å². The molecule has 0 unspecified atom stereocenters. The smallest absolute Gasteiger partial charge is 0.231 e. The van der Waals surface area contributed by atoms with Crippen LogP contribution in [0.25, 0.3) is 6.08 Å². The van der Waals surface area contributed by atoms with Gasteiger partial charge in [-0.15, -0.1) is 0 Å². The summed E-state index contributed by atoms with van der Waals surface area (Å²) in [4.78, 5) is 17.1. The molecule has 2 aliphatic heterocycles. The lowest BCUT2D eigenvalue weighted by Gasteiger charge is -2.36. The SMILES string of the molecule is O=C1/C(=C/c2ccccc2Cl)Oc2c1ccc(O)c2CN1CCN(c2ccccc2F)CC1. The molecule has 1 saturated heterocycles. The van der Waals surface area contributed by atoms with Crippen molar-refractivity contribution in [3.05, 3.63) is 94.0 Å².